The van der Waals surface area contributed by atoms with Crippen molar-refractivity contribution in [2.24, 2.45) is 0 Å². The number of benzene rings is 1. The van der Waals surface area contributed by atoms with Crippen LogP contribution < -0.4 is 0 Å². The highest BCUT2D eigenvalue weighted by Crippen LogP contribution is 2.25. The van der Waals surface area contributed by atoms with Gasteiger partial charge in [-0.1, -0.05) is 29.3 Å². The number of hydrogen-bond donors (Lipinski definition) is 1. The Morgan fingerprint density at radius 3 is 2.48 bits per heavy atom. The van der Waals surface area contributed by atoms with Crippen molar-refractivity contribution in [3.8, 4) is 0 Å². The van der Waals surface area contributed by atoms with Crippen LogP contribution in [0.25, 0.3) is 0 Å². The van der Waals surface area contributed by atoms with Crippen molar-refractivity contribution in [1.29, 1.82) is 0 Å². The maximum Gasteiger partial charge on any atom is 0.339 e. The standard InChI is InChI=1S/C20H21Cl2NO5S/c1-10-17(20(26)27-4)11(2)23-18(10)19(25)12(3)28-16(24)9-29-8-13-5-6-14(21)15(22)7-13/h5-7,12,23H,8-9H2,1-4H3/t12-/m1/s1. The average Bonchev–Trinajstić information content (AvgIpc) is 2.97. The molecule has 6 nitrogen and oxygen atoms in total. The van der Waals surface area contributed by atoms with E-state index in [0.717, 1.165) is 5.56 Å². The highest BCUT2D eigenvalue weighted by Gasteiger charge is 2.27. The van der Waals surface area contributed by atoms with Crippen LogP contribution in [-0.2, 0) is 20.0 Å². The van der Waals surface area contributed by atoms with Crippen molar-refractivity contribution in [3.05, 3.63) is 56.3 Å². The van der Waals surface area contributed by atoms with Crippen LogP contribution in [0.4, 0.5) is 0 Å². The Hall–Kier alpha value is -1.96. The molecule has 2 rings (SSSR count). The maximum absolute atomic E-state index is 12.6. The number of aromatic amines is 1. The summed E-state index contributed by atoms with van der Waals surface area (Å²) in [5, 5.41) is 0.923. The average molecular weight is 458 g/mol. The number of methoxy groups -OCH3 is 1. The summed E-state index contributed by atoms with van der Waals surface area (Å²) in [6.07, 6.45) is -0.990. The second-order valence-electron chi connectivity index (χ2n) is 6.35. The number of ketones is 1. The second kappa shape index (κ2) is 10.2. The SMILES string of the molecule is COC(=O)c1c(C)[nH]c(C(=O)[C@@H](C)OC(=O)CSCc2ccc(Cl)c(Cl)c2)c1C. The van der Waals surface area contributed by atoms with Crippen LogP contribution >= 0.6 is 35.0 Å². The van der Waals surface area contributed by atoms with E-state index in [1.807, 2.05) is 6.07 Å². The summed E-state index contributed by atoms with van der Waals surface area (Å²) in [5.74, 6) is -0.827. The zero-order valence-corrected chi connectivity index (χ0v) is 18.8. The first-order valence-electron chi connectivity index (χ1n) is 8.68. The third-order valence-electron chi connectivity index (χ3n) is 4.22. The van der Waals surface area contributed by atoms with Gasteiger partial charge in [-0.15, -0.1) is 11.8 Å². The molecule has 0 amide bonds. The van der Waals surface area contributed by atoms with Crippen LogP contribution in [-0.4, -0.2) is 41.7 Å². The molecule has 1 N–H and O–H groups in total. The van der Waals surface area contributed by atoms with E-state index in [-0.39, 0.29) is 11.4 Å². The number of ether oxygens (including phenoxy) is 2. The van der Waals surface area contributed by atoms with Gasteiger partial charge in [0.15, 0.2) is 6.10 Å². The molecule has 0 aliphatic heterocycles. The van der Waals surface area contributed by atoms with Crippen LogP contribution in [0.1, 0.15) is 44.6 Å². The van der Waals surface area contributed by atoms with Crippen molar-refractivity contribution in [2.45, 2.75) is 32.6 Å². The molecule has 1 aromatic carbocycles. The lowest BCUT2D eigenvalue weighted by molar-refractivity contribution is -0.143. The predicted molar refractivity (Wildman–Crippen MR) is 114 cm³/mol. The van der Waals surface area contributed by atoms with Crippen LogP contribution in [0.5, 0.6) is 0 Å². The number of H-pyrrole nitrogens is 1. The van der Waals surface area contributed by atoms with Gasteiger partial charge in [0.2, 0.25) is 5.78 Å². The van der Waals surface area contributed by atoms with Gasteiger partial charge in [0.25, 0.3) is 0 Å². The number of aryl methyl sites for hydroxylation is 1. The smallest absolute Gasteiger partial charge is 0.339 e. The molecular formula is C20H21Cl2NO5S. The van der Waals surface area contributed by atoms with E-state index in [4.69, 9.17) is 32.7 Å². The van der Waals surface area contributed by atoms with E-state index in [2.05, 4.69) is 4.98 Å². The number of carbonyl (C=O) groups is 3. The van der Waals surface area contributed by atoms with Crippen LogP contribution in [0.15, 0.2) is 18.2 Å². The van der Waals surface area contributed by atoms with E-state index < -0.39 is 23.8 Å². The molecule has 0 spiro atoms. The second-order valence-corrected chi connectivity index (χ2v) is 8.15. The fourth-order valence-corrected chi connectivity index (χ4v) is 3.85. The first-order chi connectivity index (χ1) is 13.6. The molecule has 0 saturated carbocycles. The van der Waals surface area contributed by atoms with Gasteiger partial charge in [-0.3, -0.25) is 9.59 Å². The largest absolute Gasteiger partial charge is 0.465 e. The number of aromatic nitrogens is 1. The molecule has 0 saturated heterocycles. The van der Waals surface area contributed by atoms with Gasteiger partial charge in [-0.25, -0.2) is 4.79 Å². The van der Waals surface area contributed by atoms with Gasteiger partial charge in [0.1, 0.15) is 0 Å². The van der Waals surface area contributed by atoms with Gasteiger partial charge in [-0.05, 0) is 44.0 Å². The summed E-state index contributed by atoms with van der Waals surface area (Å²) in [4.78, 5) is 39.5. The monoisotopic (exact) mass is 457 g/mol. The Morgan fingerprint density at radius 2 is 1.86 bits per heavy atom. The molecule has 0 bridgehead atoms. The molecule has 0 aliphatic carbocycles. The fraction of sp³-hybridized carbons (Fsp3) is 0.350. The minimum atomic E-state index is -0.990. The maximum atomic E-state index is 12.6. The van der Waals surface area contributed by atoms with E-state index in [1.54, 1.807) is 26.0 Å². The van der Waals surface area contributed by atoms with Crippen molar-refractivity contribution in [1.82, 2.24) is 4.98 Å². The summed E-state index contributed by atoms with van der Waals surface area (Å²) >= 11 is 13.2. The van der Waals surface area contributed by atoms with Crippen LogP contribution in [0.2, 0.25) is 10.0 Å². The van der Waals surface area contributed by atoms with Crippen molar-refractivity contribution < 1.29 is 23.9 Å². The molecule has 1 aromatic heterocycles. The van der Waals surface area contributed by atoms with Gasteiger partial charge in [0, 0.05) is 11.4 Å². The first-order valence-corrected chi connectivity index (χ1v) is 10.6. The van der Waals surface area contributed by atoms with E-state index in [9.17, 15) is 14.4 Å². The highest BCUT2D eigenvalue weighted by atomic mass is 35.5. The molecule has 0 radical (unpaired) electrons. The first kappa shape index (κ1) is 23.3. The van der Waals surface area contributed by atoms with Crippen molar-refractivity contribution >= 4 is 52.7 Å². The molecule has 9 heteroatoms. The number of carbonyl (C=O) groups excluding carboxylic acids is 3. The zero-order chi connectivity index (χ0) is 21.7. The summed E-state index contributed by atoms with van der Waals surface area (Å²) in [6, 6.07) is 5.26. The number of rotatable bonds is 8. The molecule has 0 fully saturated rings. The van der Waals surface area contributed by atoms with Gasteiger partial charge in [0.05, 0.1) is 34.2 Å². The third-order valence-corrected chi connectivity index (χ3v) is 5.94. The van der Waals surface area contributed by atoms with Crippen LogP contribution in [0.3, 0.4) is 0 Å². The normalized spacial score (nSPS) is 11.8. The highest BCUT2D eigenvalue weighted by molar-refractivity contribution is 7.99. The Bertz CT molecular complexity index is 941. The molecule has 2 aromatic rings. The Kier molecular flexibility index (Phi) is 8.19. The summed E-state index contributed by atoms with van der Waals surface area (Å²) < 4.78 is 9.98. The molecule has 29 heavy (non-hydrogen) atoms. The zero-order valence-electron chi connectivity index (χ0n) is 16.4. The number of hydrogen-bond acceptors (Lipinski definition) is 6. The van der Waals surface area contributed by atoms with E-state index in [1.165, 1.54) is 25.8 Å². The van der Waals surface area contributed by atoms with Crippen LogP contribution in [0, 0.1) is 13.8 Å². The molecule has 1 heterocycles. The van der Waals surface area contributed by atoms with E-state index in [0.29, 0.717) is 32.6 Å². The Labute approximate surface area is 183 Å². The number of Topliss-reactive ketones (excluding diaryl/α,β-unsaturated/α-hetero) is 1. The van der Waals surface area contributed by atoms with Gasteiger partial charge in [-0.2, -0.15) is 0 Å². The Balaban J connectivity index is 1.93. The summed E-state index contributed by atoms with van der Waals surface area (Å²) in [7, 11) is 1.27. The summed E-state index contributed by atoms with van der Waals surface area (Å²) in [6.45, 7) is 4.81. The lowest BCUT2D eigenvalue weighted by Gasteiger charge is -2.12. The lowest BCUT2D eigenvalue weighted by Crippen LogP contribution is -2.26. The summed E-state index contributed by atoms with van der Waals surface area (Å²) in [5.41, 5.74) is 2.46. The Morgan fingerprint density at radius 1 is 1.17 bits per heavy atom. The minimum Gasteiger partial charge on any atom is -0.465 e. The molecule has 156 valence electrons. The minimum absolute atomic E-state index is 0.0774. The molecule has 0 aliphatic rings. The fourth-order valence-electron chi connectivity index (χ4n) is 2.77. The quantitative estimate of drug-likeness (QED) is 0.453. The van der Waals surface area contributed by atoms with Crippen molar-refractivity contribution in [2.75, 3.05) is 12.9 Å². The molecule has 1 atom stereocenters. The molecular weight excluding hydrogens is 437 g/mol. The van der Waals surface area contributed by atoms with Crippen molar-refractivity contribution in [3.63, 3.8) is 0 Å². The number of thioether (sulfide) groups is 1. The lowest BCUT2D eigenvalue weighted by atomic mass is 10.1. The predicted octanol–water partition coefficient (Wildman–Crippen LogP) is 4.77. The number of esters is 2. The van der Waals surface area contributed by atoms with E-state index >= 15 is 0 Å². The van der Waals surface area contributed by atoms with Gasteiger partial charge < -0.3 is 14.5 Å². The topological polar surface area (TPSA) is 85.5 Å². The number of nitrogens with one attached hydrogen (secondary N) is 1. The molecule has 0 unspecified atom stereocenters. The van der Waals surface area contributed by atoms with Gasteiger partial charge >= 0.3 is 11.9 Å². The number of halogens is 2. The third kappa shape index (κ3) is 5.78.